The van der Waals surface area contributed by atoms with Crippen molar-refractivity contribution >= 4 is 29.9 Å². The highest BCUT2D eigenvalue weighted by Crippen LogP contribution is 2.15. The first-order chi connectivity index (χ1) is 11.7. The molecular formula is C17H31IN6O. The van der Waals surface area contributed by atoms with Crippen LogP contribution >= 0.6 is 24.0 Å². The van der Waals surface area contributed by atoms with Gasteiger partial charge in [-0.2, -0.15) is 5.10 Å². The summed E-state index contributed by atoms with van der Waals surface area (Å²) in [6, 6.07) is 0. The summed E-state index contributed by atoms with van der Waals surface area (Å²) < 4.78 is 3.47. The number of guanidine groups is 1. The van der Waals surface area contributed by atoms with Crippen molar-refractivity contribution in [3.8, 4) is 0 Å². The van der Waals surface area contributed by atoms with Crippen LogP contribution in [0.2, 0.25) is 0 Å². The molecule has 1 aromatic heterocycles. The summed E-state index contributed by atoms with van der Waals surface area (Å²) in [6.45, 7) is 6.76. The first kappa shape index (κ1) is 20.3. The lowest BCUT2D eigenvalue weighted by atomic mass is 10.0. The van der Waals surface area contributed by atoms with Crippen LogP contribution in [0.25, 0.3) is 0 Å². The van der Waals surface area contributed by atoms with Gasteiger partial charge in [0.15, 0.2) is 5.96 Å². The van der Waals surface area contributed by atoms with E-state index in [0.717, 1.165) is 69.6 Å². The van der Waals surface area contributed by atoms with E-state index < -0.39 is 0 Å². The van der Waals surface area contributed by atoms with Gasteiger partial charge in [-0.1, -0.05) is 6.92 Å². The van der Waals surface area contributed by atoms with Crippen molar-refractivity contribution in [3.05, 3.63) is 16.3 Å². The van der Waals surface area contributed by atoms with Gasteiger partial charge in [0.2, 0.25) is 0 Å². The smallest absolute Gasteiger partial charge is 0.345 e. The normalized spacial score (nSPS) is 20.8. The fourth-order valence-corrected chi connectivity index (χ4v) is 3.74. The molecule has 1 fully saturated rings. The van der Waals surface area contributed by atoms with Crippen LogP contribution in [-0.2, 0) is 19.5 Å². The lowest BCUT2D eigenvalue weighted by Crippen LogP contribution is -2.46. The summed E-state index contributed by atoms with van der Waals surface area (Å²) in [5.41, 5.74) is 0.0546. The molecule has 1 atom stereocenters. The molecule has 1 aromatic rings. The van der Waals surface area contributed by atoms with Gasteiger partial charge in [-0.3, -0.25) is 9.56 Å². The van der Waals surface area contributed by atoms with E-state index in [4.69, 9.17) is 0 Å². The Morgan fingerprint density at radius 2 is 2.16 bits per heavy atom. The standard InChI is InChI=1S/C17H30N6O.HI/c1-14-7-5-10-21(13-14)16(18-2)19-9-6-12-23-17(24)22-11-4-3-8-15(22)20-23;/h14H,3-13H2,1-2H3,(H,18,19);1H. The largest absolute Gasteiger partial charge is 0.356 e. The molecule has 0 radical (unpaired) electrons. The summed E-state index contributed by atoms with van der Waals surface area (Å²) in [6.07, 6.45) is 6.57. The highest BCUT2D eigenvalue weighted by molar-refractivity contribution is 14.0. The second-order valence-electron chi connectivity index (χ2n) is 7.05. The van der Waals surface area contributed by atoms with Crippen LogP contribution in [0.15, 0.2) is 9.79 Å². The van der Waals surface area contributed by atoms with E-state index in [-0.39, 0.29) is 29.7 Å². The zero-order valence-corrected chi connectivity index (χ0v) is 17.7. The van der Waals surface area contributed by atoms with Gasteiger partial charge in [-0.25, -0.2) is 9.48 Å². The number of rotatable bonds is 4. The quantitative estimate of drug-likeness (QED) is 0.320. The van der Waals surface area contributed by atoms with Crippen molar-refractivity contribution < 1.29 is 0 Å². The summed E-state index contributed by atoms with van der Waals surface area (Å²) in [7, 11) is 1.84. The van der Waals surface area contributed by atoms with Crippen molar-refractivity contribution in [2.24, 2.45) is 10.9 Å². The maximum absolute atomic E-state index is 12.3. The molecule has 2 aliphatic rings. The topological polar surface area (TPSA) is 67.5 Å². The number of hydrogen-bond acceptors (Lipinski definition) is 3. The zero-order valence-electron chi connectivity index (χ0n) is 15.4. The third kappa shape index (κ3) is 4.98. The number of aliphatic imine (C=N–C) groups is 1. The molecule has 0 bridgehead atoms. The van der Waals surface area contributed by atoms with Crippen molar-refractivity contribution in [2.45, 2.75) is 58.5 Å². The molecule has 1 unspecified atom stereocenters. The van der Waals surface area contributed by atoms with Gasteiger partial charge in [0, 0.05) is 46.2 Å². The van der Waals surface area contributed by atoms with Crippen molar-refractivity contribution in [1.29, 1.82) is 0 Å². The Balaban J connectivity index is 0.00000225. The fourth-order valence-electron chi connectivity index (χ4n) is 3.74. The Morgan fingerprint density at radius 1 is 1.32 bits per heavy atom. The number of aryl methyl sites for hydroxylation is 2. The summed E-state index contributed by atoms with van der Waals surface area (Å²) in [4.78, 5) is 19.0. The van der Waals surface area contributed by atoms with Gasteiger partial charge < -0.3 is 10.2 Å². The number of nitrogens with one attached hydrogen (secondary N) is 1. The molecule has 142 valence electrons. The second-order valence-corrected chi connectivity index (χ2v) is 7.05. The van der Waals surface area contributed by atoms with Crippen LogP contribution in [0.5, 0.6) is 0 Å². The zero-order chi connectivity index (χ0) is 16.9. The van der Waals surface area contributed by atoms with Crippen molar-refractivity contribution in [3.63, 3.8) is 0 Å². The van der Waals surface area contributed by atoms with Gasteiger partial charge in [0.25, 0.3) is 0 Å². The van der Waals surface area contributed by atoms with E-state index in [0.29, 0.717) is 6.54 Å². The van der Waals surface area contributed by atoms with E-state index in [9.17, 15) is 4.79 Å². The van der Waals surface area contributed by atoms with Crippen LogP contribution in [0, 0.1) is 5.92 Å². The average molecular weight is 462 g/mol. The Hall–Kier alpha value is -1.06. The Morgan fingerprint density at radius 3 is 2.88 bits per heavy atom. The molecule has 8 heteroatoms. The van der Waals surface area contributed by atoms with Crippen LogP contribution in [0.1, 0.15) is 44.9 Å². The minimum absolute atomic E-state index is 0. The fraction of sp³-hybridized carbons (Fsp3) is 0.824. The molecule has 7 nitrogen and oxygen atoms in total. The Bertz CT molecular complexity index is 638. The van der Waals surface area contributed by atoms with Gasteiger partial charge in [-0.15, -0.1) is 24.0 Å². The predicted molar refractivity (Wildman–Crippen MR) is 111 cm³/mol. The molecule has 0 aromatic carbocycles. The van der Waals surface area contributed by atoms with Crippen LogP contribution < -0.4 is 11.0 Å². The van der Waals surface area contributed by atoms with Gasteiger partial charge in [-0.05, 0) is 38.0 Å². The van der Waals surface area contributed by atoms with E-state index in [1.807, 2.05) is 11.6 Å². The average Bonchev–Trinajstić information content (AvgIpc) is 2.91. The molecule has 2 aliphatic heterocycles. The number of hydrogen-bond donors (Lipinski definition) is 1. The number of piperidine rings is 1. The highest BCUT2D eigenvalue weighted by Gasteiger charge is 2.19. The molecule has 0 saturated carbocycles. The number of aromatic nitrogens is 3. The summed E-state index contributed by atoms with van der Waals surface area (Å²) >= 11 is 0. The molecule has 1 N–H and O–H groups in total. The van der Waals surface area contributed by atoms with Gasteiger partial charge >= 0.3 is 5.69 Å². The van der Waals surface area contributed by atoms with Crippen LogP contribution in [0.3, 0.4) is 0 Å². The maximum Gasteiger partial charge on any atom is 0.345 e. The molecule has 0 aliphatic carbocycles. The number of halogens is 1. The minimum atomic E-state index is 0. The summed E-state index contributed by atoms with van der Waals surface area (Å²) in [5.74, 6) is 2.67. The van der Waals surface area contributed by atoms with E-state index >= 15 is 0 Å². The SMILES string of the molecule is CN=C(NCCCn1nc2n(c1=O)CCCC2)N1CCCC(C)C1.I. The molecular weight excluding hydrogens is 431 g/mol. The number of fused-ring (bicyclic) bond motifs is 1. The number of nitrogens with zero attached hydrogens (tertiary/aromatic N) is 5. The molecule has 0 amide bonds. The molecule has 0 spiro atoms. The third-order valence-corrected chi connectivity index (χ3v) is 5.03. The van der Waals surface area contributed by atoms with Crippen LogP contribution in [-0.4, -0.2) is 51.9 Å². The predicted octanol–water partition coefficient (Wildman–Crippen LogP) is 1.70. The second kappa shape index (κ2) is 9.59. The van der Waals surface area contributed by atoms with E-state index in [1.165, 1.54) is 12.8 Å². The van der Waals surface area contributed by atoms with E-state index in [1.54, 1.807) is 4.68 Å². The lowest BCUT2D eigenvalue weighted by Gasteiger charge is -2.33. The minimum Gasteiger partial charge on any atom is -0.356 e. The molecule has 1 saturated heterocycles. The highest BCUT2D eigenvalue weighted by atomic mass is 127. The van der Waals surface area contributed by atoms with Gasteiger partial charge in [0.05, 0.1) is 0 Å². The Kier molecular flexibility index (Phi) is 7.77. The first-order valence-electron chi connectivity index (χ1n) is 9.31. The van der Waals surface area contributed by atoms with E-state index in [2.05, 4.69) is 27.2 Å². The third-order valence-electron chi connectivity index (χ3n) is 5.03. The summed E-state index contributed by atoms with van der Waals surface area (Å²) in [5, 5.41) is 7.92. The molecule has 3 rings (SSSR count). The molecule has 25 heavy (non-hydrogen) atoms. The lowest BCUT2D eigenvalue weighted by molar-refractivity contribution is 0.266. The number of likely N-dealkylation sites (tertiary alicyclic amines) is 1. The van der Waals surface area contributed by atoms with Gasteiger partial charge in [0.1, 0.15) is 5.82 Å². The first-order valence-corrected chi connectivity index (χ1v) is 9.31. The Labute approximate surface area is 166 Å². The van der Waals surface area contributed by atoms with Crippen molar-refractivity contribution in [2.75, 3.05) is 26.7 Å². The monoisotopic (exact) mass is 462 g/mol. The van der Waals surface area contributed by atoms with Crippen molar-refractivity contribution in [1.82, 2.24) is 24.6 Å². The van der Waals surface area contributed by atoms with Crippen LogP contribution in [0.4, 0.5) is 0 Å². The maximum atomic E-state index is 12.3. The molecule has 3 heterocycles.